The van der Waals surface area contributed by atoms with E-state index < -0.39 is 17.9 Å². The smallest absolute Gasteiger partial charge is 0.340 e. The highest BCUT2D eigenvalue weighted by Crippen LogP contribution is 2.48. The second kappa shape index (κ2) is 7.97. The number of nitrogens with two attached hydrogens (primary N) is 1. The topological polar surface area (TPSA) is 105 Å². The summed E-state index contributed by atoms with van der Waals surface area (Å²) in [6.07, 6.45) is 0.493. The van der Waals surface area contributed by atoms with E-state index in [2.05, 4.69) is 0 Å². The number of carbonyl (C=O) groups excluding carboxylic acids is 3. The molecule has 30 heavy (non-hydrogen) atoms. The van der Waals surface area contributed by atoms with Gasteiger partial charge in [-0.05, 0) is 37.0 Å². The normalized spacial score (nSPS) is 20.6. The fraction of sp³-hybridized carbons (Fsp3) is 0.435. The summed E-state index contributed by atoms with van der Waals surface area (Å²) in [5.41, 5.74) is 7.41. The first-order valence-electron chi connectivity index (χ1n) is 9.87. The number of hydrogen-bond acceptors (Lipinski definition) is 7. The van der Waals surface area contributed by atoms with Crippen LogP contribution in [0.5, 0.6) is 0 Å². The number of carbonyl (C=O) groups is 3. The third-order valence-electron chi connectivity index (χ3n) is 5.18. The van der Waals surface area contributed by atoms with Crippen LogP contribution in [-0.2, 0) is 23.8 Å². The molecule has 0 bridgehead atoms. The molecule has 1 atom stereocenters. The summed E-state index contributed by atoms with van der Waals surface area (Å²) in [4.78, 5) is 37.8. The lowest BCUT2D eigenvalue weighted by Crippen LogP contribution is -2.36. The molecule has 0 spiro atoms. The number of ketones is 1. The molecule has 0 saturated carbocycles. The van der Waals surface area contributed by atoms with Gasteiger partial charge in [-0.25, -0.2) is 9.59 Å². The zero-order valence-electron chi connectivity index (χ0n) is 17.9. The Hall–Kier alpha value is -3.09. The lowest BCUT2D eigenvalue weighted by molar-refractivity contribution is -0.143. The molecule has 7 heteroatoms. The van der Waals surface area contributed by atoms with Gasteiger partial charge in [-0.3, -0.25) is 4.79 Å². The molecule has 0 saturated heterocycles. The highest BCUT2D eigenvalue weighted by molar-refractivity contribution is 6.03. The lowest BCUT2D eigenvalue weighted by Gasteiger charge is -2.38. The van der Waals surface area contributed by atoms with Crippen molar-refractivity contribution in [3.8, 4) is 0 Å². The number of ether oxygens (including phenoxy) is 3. The van der Waals surface area contributed by atoms with E-state index in [1.807, 2.05) is 13.8 Å². The van der Waals surface area contributed by atoms with Crippen LogP contribution in [0.25, 0.3) is 0 Å². The van der Waals surface area contributed by atoms with Crippen LogP contribution in [0, 0.1) is 5.41 Å². The molecule has 0 unspecified atom stereocenters. The molecule has 1 heterocycles. The summed E-state index contributed by atoms with van der Waals surface area (Å²) >= 11 is 0. The van der Waals surface area contributed by atoms with Crippen molar-refractivity contribution in [1.82, 2.24) is 0 Å². The minimum Gasteiger partial charge on any atom is -0.465 e. The van der Waals surface area contributed by atoms with Crippen LogP contribution >= 0.6 is 0 Å². The highest BCUT2D eigenvalue weighted by atomic mass is 16.5. The predicted molar refractivity (Wildman–Crippen MR) is 109 cm³/mol. The molecule has 160 valence electrons. The molecule has 7 nitrogen and oxygen atoms in total. The maximum absolute atomic E-state index is 13.1. The van der Waals surface area contributed by atoms with Gasteiger partial charge >= 0.3 is 11.9 Å². The third kappa shape index (κ3) is 4.10. The molecule has 2 N–H and O–H groups in total. The van der Waals surface area contributed by atoms with Gasteiger partial charge in [-0.2, -0.15) is 0 Å². The van der Waals surface area contributed by atoms with Crippen molar-refractivity contribution >= 4 is 17.7 Å². The van der Waals surface area contributed by atoms with Crippen molar-refractivity contribution in [2.45, 2.75) is 52.6 Å². The molecular formula is C23H27NO6. The average molecular weight is 413 g/mol. The Labute approximate surface area is 175 Å². The molecule has 0 fully saturated rings. The van der Waals surface area contributed by atoms with Crippen molar-refractivity contribution in [3.05, 3.63) is 58.2 Å². The standard InChI is InChI=1S/C23H27NO6/c1-12(2)29-22(27)19-17(13-6-8-14(9-7-13)21(26)28-5)18-15(25)10-23(3,4)11-16(18)30-20(19)24/h6-9,12,17H,10-11,24H2,1-5H3/t17-/m0/s1. The summed E-state index contributed by atoms with van der Waals surface area (Å²) in [7, 11) is 1.30. The Balaban J connectivity index is 2.13. The first-order chi connectivity index (χ1) is 14.0. The number of hydrogen-bond donors (Lipinski definition) is 1. The number of rotatable bonds is 4. The van der Waals surface area contributed by atoms with E-state index in [-0.39, 0.29) is 28.8 Å². The molecule has 1 aliphatic carbocycles. The fourth-order valence-corrected chi connectivity index (χ4v) is 3.92. The van der Waals surface area contributed by atoms with Gasteiger partial charge in [0.05, 0.1) is 24.7 Å². The number of benzene rings is 1. The van der Waals surface area contributed by atoms with Crippen LogP contribution in [0.15, 0.2) is 47.1 Å². The quantitative estimate of drug-likeness (QED) is 0.755. The molecule has 1 aromatic carbocycles. The third-order valence-corrected chi connectivity index (χ3v) is 5.18. The molecule has 0 amide bonds. The van der Waals surface area contributed by atoms with Crippen LogP contribution in [-0.4, -0.2) is 30.9 Å². The summed E-state index contributed by atoms with van der Waals surface area (Å²) in [6, 6.07) is 6.57. The summed E-state index contributed by atoms with van der Waals surface area (Å²) in [5.74, 6) is -1.50. The van der Waals surface area contributed by atoms with Gasteiger partial charge in [0.2, 0.25) is 5.88 Å². The number of Topliss-reactive ketones (excluding diaryl/α,β-unsaturated/α-hetero) is 1. The van der Waals surface area contributed by atoms with Crippen LogP contribution in [0.3, 0.4) is 0 Å². The maximum atomic E-state index is 13.1. The van der Waals surface area contributed by atoms with Crippen molar-refractivity contribution in [2.24, 2.45) is 11.1 Å². The Bertz CT molecular complexity index is 952. The molecule has 1 aromatic rings. The van der Waals surface area contributed by atoms with Crippen LogP contribution in [0.4, 0.5) is 0 Å². The van der Waals surface area contributed by atoms with E-state index in [1.165, 1.54) is 7.11 Å². The van der Waals surface area contributed by atoms with E-state index in [0.29, 0.717) is 35.3 Å². The van der Waals surface area contributed by atoms with Crippen LogP contribution < -0.4 is 5.73 Å². The minimum absolute atomic E-state index is 0.0630. The SMILES string of the molecule is COC(=O)c1ccc([C@@H]2C(C(=O)OC(C)C)=C(N)OC3=C2C(=O)CC(C)(C)C3)cc1. The van der Waals surface area contributed by atoms with Crippen LogP contribution in [0.2, 0.25) is 0 Å². The molecule has 0 radical (unpaired) electrons. The highest BCUT2D eigenvalue weighted by Gasteiger charge is 2.45. The van der Waals surface area contributed by atoms with Gasteiger partial charge in [0.15, 0.2) is 5.78 Å². The minimum atomic E-state index is -0.727. The first kappa shape index (κ1) is 21.6. The lowest BCUT2D eigenvalue weighted by atomic mass is 9.70. The van der Waals surface area contributed by atoms with E-state index in [0.717, 1.165) is 0 Å². The number of esters is 2. The van der Waals surface area contributed by atoms with Gasteiger partial charge in [0, 0.05) is 18.4 Å². The molecular weight excluding hydrogens is 386 g/mol. The van der Waals surface area contributed by atoms with Crippen LogP contribution in [0.1, 0.15) is 62.4 Å². The molecule has 1 aliphatic heterocycles. The zero-order chi connectivity index (χ0) is 22.2. The van der Waals surface area contributed by atoms with Crippen molar-refractivity contribution in [1.29, 1.82) is 0 Å². The summed E-state index contributed by atoms with van der Waals surface area (Å²) < 4.78 is 15.9. The van der Waals surface area contributed by atoms with Gasteiger partial charge in [-0.15, -0.1) is 0 Å². The van der Waals surface area contributed by atoms with Gasteiger partial charge in [-0.1, -0.05) is 26.0 Å². The van der Waals surface area contributed by atoms with E-state index in [1.54, 1.807) is 38.1 Å². The van der Waals surface area contributed by atoms with Gasteiger partial charge in [0.25, 0.3) is 0 Å². The fourth-order valence-electron chi connectivity index (χ4n) is 3.92. The Morgan fingerprint density at radius 2 is 1.77 bits per heavy atom. The second-order valence-electron chi connectivity index (χ2n) is 8.66. The maximum Gasteiger partial charge on any atom is 0.340 e. The molecule has 0 aromatic heterocycles. The summed E-state index contributed by atoms with van der Waals surface area (Å²) in [6.45, 7) is 7.44. The Morgan fingerprint density at radius 3 is 2.33 bits per heavy atom. The zero-order valence-corrected chi connectivity index (χ0v) is 17.9. The number of methoxy groups -OCH3 is 1. The molecule has 3 rings (SSSR count). The molecule has 2 aliphatic rings. The monoisotopic (exact) mass is 413 g/mol. The van der Waals surface area contributed by atoms with Crippen molar-refractivity contribution in [3.63, 3.8) is 0 Å². The van der Waals surface area contributed by atoms with E-state index in [4.69, 9.17) is 19.9 Å². The van der Waals surface area contributed by atoms with E-state index >= 15 is 0 Å². The largest absolute Gasteiger partial charge is 0.465 e. The van der Waals surface area contributed by atoms with Gasteiger partial charge in [0.1, 0.15) is 11.3 Å². The second-order valence-corrected chi connectivity index (χ2v) is 8.66. The summed E-state index contributed by atoms with van der Waals surface area (Å²) in [5, 5.41) is 0. The number of allylic oxidation sites excluding steroid dienone is 2. The van der Waals surface area contributed by atoms with Crippen molar-refractivity contribution < 1.29 is 28.6 Å². The first-order valence-corrected chi connectivity index (χ1v) is 9.87. The van der Waals surface area contributed by atoms with Gasteiger partial charge < -0.3 is 19.9 Å². The predicted octanol–water partition coefficient (Wildman–Crippen LogP) is 3.35. The van der Waals surface area contributed by atoms with Crippen molar-refractivity contribution in [2.75, 3.05) is 7.11 Å². The Kier molecular flexibility index (Phi) is 5.74. The Morgan fingerprint density at radius 1 is 1.13 bits per heavy atom. The average Bonchev–Trinajstić information content (AvgIpc) is 2.64. The van der Waals surface area contributed by atoms with E-state index in [9.17, 15) is 14.4 Å².